The van der Waals surface area contributed by atoms with Crippen LogP contribution in [0.25, 0.3) is 0 Å². The summed E-state index contributed by atoms with van der Waals surface area (Å²) in [5.41, 5.74) is 10.6. The highest BCUT2D eigenvalue weighted by molar-refractivity contribution is 6.31. The summed E-state index contributed by atoms with van der Waals surface area (Å²) in [6.07, 6.45) is 0.702. The first-order valence-electron chi connectivity index (χ1n) is 6.27. The molecule has 1 aromatic heterocycles. The number of guanidine groups is 1. The van der Waals surface area contributed by atoms with Gasteiger partial charge in [-0.05, 0) is 6.42 Å². The van der Waals surface area contributed by atoms with Crippen LogP contribution in [0.3, 0.4) is 0 Å². The number of carbonyl (C=O) groups is 2. The number of aromatic nitrogens is 2. The third-order valence-corrected chi connectivity index (χ3v) is 2.59. The van der Waals surface area contributed by atoms with Gasteiger partial charge in [-0.3, -0.25) is 20.8 Å². The van der Waals surface area contributed by atoms with Gasteiger partial charge >= 0.3 is 6.09 Å². The number of nitrogens with zero attached hydrogens (tertiary/aromatic N) is 2. The summed E-state index contributed by atoms with van der Waals surface area (Å²) in [4.78, 5) is 30.4. The number of nitrogens with two attached hydrogens (primary N) is 2. The van der Waals surface area contributed by atoms with Crippen LogP contribution >= 0.6 is 11.6 Å². The molecule has 1 rings (SSSR count). The molecular weight excluding hydrogens is 314 g/mol. The van der Waals surface area contributed by atoms with Gasteiger partial charge in [0.25, 0.3) is 5.91 Å². The van der Waals surface area contributed by atoms with E-state index >= 15 is 0 Å². The quantitative estimate of drug-likeness (QED) is 0.304. The molecule has 7 N–H and O–H groups in total. The second-order valence-corrected chi connectivity index (χ2v) is 4.44. The maximum absolute atomic E-state index is 11.9. The average Bonchev–Trinajstić information content (AvgIpc) is 2.42. The van der Waals surface area contributed by atoms with Crippen LogP contribution in [0.2, 0.25) is 5.15 Å². The zero-order chi connectivity index (χ0) is 16.7. The minimum atomic E-state index is -0.870. The van der Waals surface area contributed by atoms with Gasteiger partial charge in [0, 0.05) is 0 Å². The topological polar surface area (TPSA) is 169 Å². The number of alkyl carbamates (subject to hydrolysis) is 1. The van der Waals surface area contributed by atoms with Gasteiger partial charge in [0.05, 0.1) is 6.61 Å². The highest BCUT2D eigenvalue weighted by atomic mass is 35.5. The molecule has 0 spiro atoms. The van der Waals surface area contributed by atoms with Crippen molar-refractivity contribution in [3.8, 4) is 0 Å². The van der Waals surface area contributed by atoms with Crippen LogP contribution in [0.15, 0.2) is 0 Å². The lowest BCUT2D eigenvalue weighted by molar-refractivity contribution is 0.0971. The summed E-state index contributed by atoms with van der Waals surface area (Å²) in [5, 5.41) is 11.3. The van der Waals surface area contributed by atoms with Crippen LogP contribution in [0, 0.1) is 5.41 Å². The molecule has 0 radical (unpaired) electrons. The summed E-state index contributed by atoms with van der Waals surface area (Å²) in [6.45, 7) is 2.16. The zero-order valence-electron chi connectivity index (χ0n) is 11.8. The number of hydrogen-bond acceptors (Lipinski definition) is 8. The number of nitrogen functional groups attached to an aromatic ring is 2. The minimum absolute atomic E-state index is 0.122. The van der Waals surface area contributed by atoms with Crippen LogP contribution in [0.5, 0.6) is 0 Å². The Kier molecular flexibility index (Phi) is 6.32. The van der Waals surface area contributed by atoms with E-state index in [1.807, 2.05) is 12.2 Å². The molecule has 1 aromatic rings. The van der Waals surface area contributed by atoms with Crippen molar-refractivity contribution < 1.29 is 14.3 Å². The molecule has 22 heavy (non-hydrogen) atoms. The van der Waals surface area contributed by atoms with Crippen molar-refractivity contribution in [2.45, 2.75) is 19.8 Å². The van der Waals surface area contributed by atoms with Gasteiger partial charge in [-0.2, -0.15) is 0 Å². The van der Waals surface area contributed by atoms with E-state index in [1.165, 1.54) is 0 Å². The standard InChI is InChI=1S/C11H16ClN7O3/c1-2-3-4-22-11(21)19-10(15)18-9(20)5-7(13)17-8(14)6(12)16-5/h2-4H2,1H3,(H4,13,14,17)(H3,15,18,19,20,21). The zero-order valence-corrected chi connectivity index (χ0v) is 12.5. The smallest absolute Gasteiger partial charge is 0.413 e. The Labute approximate surface area is 131 Å². The summed E-state index contributed by atoms with van der Waals surface area (Å²) in [6, 6.07) is 0. The van der Waals surface area contributed by atoms with Gasteiger partial charge < -0.3 is 16.2 Å². The number of anilines is 2. The number of hydrogen-bond donors (Lipinski definition) is 5. The fourth-order valence-electron chi connectivity index (χ4n) is 1.26. The molecule has 120 valence electrons. The monoisotopic (exact) mass is 329 g/mol. The fourth-order valence-corrected chi connectivity index (χ4v) is 1.39. The second kappa shape index (κ2) is 7.98. The molecule has 0 bridgehead atoms. The highest BCUT2D eigenvalue weighted by Gasteiger charge is 2.18. The largest absolute Gasteiger partial charge is 0.449 e. The third kappa shape index (κ3) is 5.05. The maximum atomic E-state index is 11.9. The number of rotatable bonds is 4. The lowest BCUT2D eigenvalue weighted by Gasteiger charge is -2.10. The van der Waals surface area contributed by atoms with E-state index in [2.05, 4.69) is 15.3 Å². The van der Waals surface area contributed by atoms with Gasteiger partial charge in [0.2, 0.25) is 5.96 Å². The first-order chi connectivity index (χ1) is 10.3. The Morgan fingerprint density at radius 3 is 2.59 bits per heavy atom. The Morgan fingerprint density at radius 1 is 1.27 bits per heavy atom. The molecule has 0 aromatic carbocycles. The van der Waals surface area contributed by atoms with Crippen LogP contribution in [0.4, 0.5) is 16.4 Å². The summed E-state index contributed by atoms with van der Waals surface area (Å²) >= 11 is 5.64. The van der Waals surface area contributed by atoms with Gasteiger partial charge in [-0.25, -0.2) is 14.8 Å². The number of nitrogens with one attached hydrogen (secondary N) is 3. The Bertz CT molecular complexity index is 593. The number of carbonyl (C=O) groups excluding carboxylic acids is 2. The molecule has 0 aliphatic carbocycles. The Hall–Kier alpha value is -2.62. The highest BCUT2D eigenvalue weighted by Crippen LogP contribution is 2.16. The molecule has 0 aliphatic rings. The molecule has 1 heterocycles. The minimum Gasteiger partial charge on any atom is -0.449 e. The summed E-state index contributed by atoms with van der Waals surface area (Å²) in [7, 11) is 0. The predicted molar refractivity (Wildman–Crippen MR) is 80.5 cm³/mol. The second-order valence-electron chi connectivity index (χ2n) is 4.08. The van der Waals surface area contributed by atoms with Crippen molar-refractivity contribution in [1.82, 2.24) is 20.6 Å². The van der Waals surface area contributed by atoms with Crippen LogP contribution in [-0.4, -0.2) is 34.5 Å². The van der Waals surface area contributed by atoms with E-state index < -0.39 is 18.0 Å². The van der Waals surface area contributed by atoms with Crippen molar-refractivity contribution in [3.05, 3.63) is 10.8 Å². The van der Waals surface area contributed by atoms with E-state index in [1.54, 1.807) is 0 Å². The van der Waals surface area contributed by atoms with Gasteiger partial charge in [-0.15, -0.1) is 0 Å². The molecule has 0 atom stereocenters. The molecule has 0 fully saturated rings. The van der Waals surface area contributed by atoms with Gasteiger partial charge in [0.15, 0.2) is 22.5 Å². The maximum Gasteiger partial charge on any atom is 0.413 e. The predicted octanol–water partition coefficient (Wildman–Crippen LogP) is 0.485. The molecule has 0 saturated carbocycles. The van der Waals surface area contributed by atoms with Crippen LogP contribution < -0.4 is 22.1 Å². The van der Waals surface area contributed by atoms with Crippen molar-refractivity contribution in [2.75, 3.05) is 18.1 Å². The van der Waals surface area contributed by atoms with E-state index in [9.17, 15) is 9.59 Å². The van der Waals surface area contributed by atoms with E-state index in [4.69, 9.17) is 33.2 Å². The lowest BCUT2D eigenvalue weighted by Crippen LogP contribution is -2.43. The van der Waals surface area contributed by atoms with E-state index in [0.29, 0.717) is 6.42 Å². The SMILES string of the molecule is CCCCOC(=O)NC(=N)NC(=O)c1nc(Cl)c(N)nc1N. The van der Waals surface area contributed by atoms with E-state index in [-0.39, 0.29) is 29.1 Å². The molecule has 11 heteroatoms. The van der Waals surface area contributed by atoms with Crippen molar-refractivity contribution >= 4 is 41.2 Å². The molecule has 0 aliphatic heterocycles. The van der Waals surface area contributed by atoms with Crippen molar-refractivity contribution in [3.63, 3.8) is 0 Å². The summed E-state index contributed by atoms with van der Waals surface area (Å²) in [5.74, 6) is -1.84. The normalized spacial score (nSPS) is 9.91. The van der Waals surface area contributed by atoms with Crippen molar-refractivity contribution in [1.29, 1.82) is 5.41 Å². The molecule has 2 amide bonds. The first-order valence-corrected chi connectivity index (χ1v) is 6.65. The fraction of sp³-hybridized carbons (Fsp3) is 0.364. The van der Waals surface area contributed by atoms with Crippen LogP contribution in [0.1, 0.15) is 30.3 Å². The average molecular weight is 330 g/mol. The van der Waals surface area contributed by atoms with Gasteiger partial charge in [-0.1, -0.05) is 24.9 Å². The van der Waals surface area contributed by atoms with Gasteiger partial charge in [0.1, 0.15) is 0 Å². The van der Waals surface area contributed by atoms with Crippen LogP contribution in [-0.2, 0) is 4.74 Å². The summed E-state index contributed by atoms with van der Waals surface area (Å²) < 4.78 is 4.77. The molecule has 0 unspecified atom stereocenters. The Morgan fingerprint density at radius 2 is 1.95 bits per heavy atom. The lowest BCUT2D eigenvalue weighted by atomic mass is 10.4. The molecule has 10 nitrogen and oxygen atoms in total. The number of ether oxygens (including phenoxy) is 1. The number of unbranched alkanes of at least 4 members (excludes halogenated alkanes) is 1. The van der Waals surface area contributed by atoms with E-state index in [0.717, 1.165) is 6.42 Å². The number of halogens is 1. The van der Waals surface area contributed by atoms with Crippen molar-refractivity contribution in [2.24, 2.45) is 0 Å². The first kappa shape index (κ1) is 17.4. The Balaban J connectivity index is 2.59. The number of amides is 2. The molecule has 0 saturated heterocycles. The third-order valence-electron chi connectivity index (χ3n) is 2.32. The molecular formula is C11H16ClN7O3.